The SMILES string of the molecule is S/C=C/S/C=C/S. The maximum Gasteiger partial charge on any atom is -0.0187 e. The monoisotopic (exact) mass is 150 g/mol. The summed E-state index contributed by atoms with van der Waals surface area (Å²) in [5, 5.41) is 7.07. The molecule has 0 saturated carbocycles. The molecule has 0 aromatic carbocycles. The van der Waals surface area contributed by atoms with Gasteiger partial charge in [0.2, 0.25) is 0 Å². The van der Waals surface area contributed by atoms with E-state index in [1.54, 1.807) is 10.8 Å². The van der Waals surface area contributed by atoms with Crippen molar-refractivity contribution < 1.29 is 0 Å². The smallest absolute Gasteiger partial charge is 0.0187 e. The van der Waals surface area contributed by atoms with Crippen molar-refractivity contribution in [3.05, 3.63) is 21.6 Å². The van der Waals surface area contributed by atoms with Gasteiger partial charge < -0.3 is 0 Å². The van der Waals surface area contributed by atoms with Crippen molar-refractivity contribution in [2.75, 3.05) is 0 Å². The molecular weight excluding hydrogens is 144 g/mol. The number of hydrogen-bond donors (Lipinski definition) is 2. The second-order valence-corrected chi connectivity index (χ2v) is 2.12. The zero-order chi connectivity index (χ0) is 5.54. The van der Waals surface area contributed by atoms with E-state index in [1.165, 1.54) is 11.8 Å². The van der Waals surface area contributed by atoms with E-state index < -0.39 is 0 Å². The zero-order valence-electron chi connectivity index (χ0n) is 3.61. The molecule has 0 atom stereocenters. The lowest BCUT2D eigenvalue weighted by molar-refractivity contribution is 2.50. The van der Waals surface area contributed by atoms with Gasteiger partial charge in [0.05, 0.1) is 0 Å². The van der Waals surface area contributed by atoms with Gasteiger partial charge in [-0.15, -0.1) is 11.8 Å². The first kappa shape index (κ1) is 7.53. The summed E-state index contributed by atoms with van der Waals surface area (Å²) >= 11 is 9.21. The second-order valence-electron chi connectivity index (χ2n) is 0.706. The Morgan fingerprint density at radius 1 is 1.00 bits per heavy atom. The summed E-state index contributed by atoms with van der Waals surface area (Å²) in [7, 11) is 0. The highest BCUT2D eigenvalue weighted by Gasteiger charge is 1.62. The molecule has 0 spiro atoms. The predicted molar refractivity (Wildman–Crippen MR) is 43.8 cm³/mol. The largest absolute Gasteiger partial charge is 0.151 e. The Balaban J connectivity index is 2.98. The van der Waals surface area contributed by atoms with Crippen molar-refractivity contribution in [3.8, 4) is 0 Å². The lowest BCUT2D eigenvalue weighted by Gasteiger charge is -1.72. The van der Waals surface area contributed by atoms with Crippen LogP contribution in [-0.2, 0) is 0 Å². The molecule has 0 fully saturated rings. The molecule has 7 heavy (non-hydrogen) atoms. The lowest BCUT2D eigenvalue weighted by Crippen LogP contribution is -1.35. The predicted octanol–water partition coefficient (Wildman–Crippen LogP) is 2.52. The minimum atomic E-state index is 1.54. The Kier molecular flexibility index (Phi) is 7.02. The fourth-order valence-electron chi connectivity index (χ4n) is 0.116. The van der Waals surface area contributed by atoms with Crippen LogP contribution in [0.2, 0.25) is 0 Å². The van der Waals surface area contributed by atoms with Crippen molar-refractivity contribution in [1.29, 1.82) is 0 Å². The molecule has 40 valence electrons. The van der Waals surface area contributed by atoms with Gasteiger partial charge in [0.25, 0.3) is 0 Å². The Hall–Kier alpha value is 0.530. The summed E-state index contributed by atoms with van der Waals surface area (Å²) in [6.45, 7) is 0. The van der Waals surface area contributed by atoms with Crippen LogP contribution in [0.15, 0.2) is 21.6 Å². The average molecular weight is 150 g/mol. The van der Waals surface area contributed by atoms with Gasteiger partial charge in [0, 0.05) is 0 Å². The quantitative estimate of drug-likeness (QED) is 0.570. The van der Waals surface area contributed by atoms with Crippen molar-refractivity contribution >= 4 is 37.0 Å². The molecular formula is C4H6S3. The van der Waals surface area contributed by atoms with E-state index in [4.69, 9.17) is 0 Å². The normalized spacial score (nSPS) is 11.7. The summed E-state index contributed by atoms with van der Waals surface area (Å²) < 4.78 is 0. The van der Waals surface area contributed by atoms with Gasteiger partial charge in [-0.05, 0) is 21.6 Å². The fraction of sp³-hybridized carbons (Fsp3) is 0. The van der Waals surface area contributed by atoms with E-state index in [0.717, 1.165) is 0 Å². The van der Waals surface area contributed by atoms with E-state index in [9.17, 15) is 0 Å². The van der Waals surface area contributed by atoms with E-state index in [-0.39, 0.29) is 0 Å². The van der Waals surface area contributed by atoms with Gasteiger partial charge in [0.1, 0.15) is 0 Å². The van der Waals surface area contributed by atoms with Crippen LogP contribution in [0.25, 0.3) is 0 Å². The first-order valence-electron chi connectivity index (χ1n) is 1.65. The average Bonchev–Trinajstić information content (AvgIpc) is 1.69. The number of thiol groups is 2. The molecule has 0 heterocycles. The van der Waals surface area contributed by atoms with Gasteiger partial charge in [-0.3, -0.25) is 0 Å². The van der Waals surface area contributed by atoms with Crippen LogP contribution >= 0.6 is 37.0 Å². The summed E-state index contributed by atoms with van der Waals surface area (Å²) in [6.07, 6.45) is 0. The molecule has 0 aromatic heterocycles. The Bertz CT molecular complexity index is 65.0. The van der Waals surface area contributed by atoms with Crippen LogP contribution < -0.4 is 0 Å². The van der Waals surface area contributed by atoms with E-state index in [1.807, 2.05) is 10.8 Å². The summed E-state index contributed by atoms with van der Waals surface area (Å²) in [5.74, 6) is 0. The number of hydrogen-bond acceptors (Lipinski definition) is 3. The van der Waals surface area contributed by atoms with E-state index in [0.29, 0.717) is 0 Å². The minimum absolute atomic E-state index is 1.54. The molecule has 0 N–H and O–H groups in total. The van der Waals surface area contributed by atoms with Gasteiger partial charge in [-0.1, -0.05) is 0 Å². The van der Waals surface area contributed by atoms with Crippen LogP contribution in [0.4, 0.5) is 0 Å². The summed E-state index contributed by atoms with van der Waals surface area (Å²) in [4.78, 5) is 0. The van der Waals surface area contributed by atoms with Crippen LogP contribution in [0.5, 0.6) is 0 Å². The maximum absolute atomic E-state index is 3.83. The Morgan fingerprint density at radius 3 is 1.71 bits per heavy atom. The van der Waals surface area contributed by atoms with Crippen molar-refractivity contribution in [2.45, 2.75) is 0 Å². The standard InChI is InChI=1S/C4H6S3/c5-1-3-7-4-2-6/h1-6H/b3-1+,4-2+. The lowest BCUT2D eigenvalue weighted by atomic mass is 11.2. The molecule has 0 saturated heterocycles. The molecule has 0 unspecified atom stereocenters. The Morgan fingerprint density at radius 2 is 1.43 bits per heavy atom. The van der Waals surface area contributed by atoms with Gasteiger partial charge >= 0.3 is 0 Å². The molecule has 0 aliphatic heterocycles. The minimum Gasteiger partial charge on any atom is -0.151 e. The van der Waals surface area contributed by atoms with Crippen molar-refractivity contribution in [2.24, 2.45) is 0 Å². The number of rotatable bonds is 2. The molecule has 0 aromatic rings. The molecule has 0 amide bonds. The molecule has 0 bridgehead atoms. The van der Waals surface area contributed by atoms with Gasteiger partial charge in [-0.25, -0.2) is 0 Å². The van der Waals surface area contributed by atoms with Gasteiger partial charge in [0.15, 0.2) is 0 Å². The first-order chi connectivity index (χ1) is 3.41. The van der Waals surface area contributed by atoms with Gasteiger partial charge in [-0.2, -0.15) is 25.3 Å². The van der Waals surface area contributed by atoms with E-state index >= 15 is 0 Å². The van der Waals surface area contributed by atoms with Crippen molar-refractivity contribution in [1.82, 2.24) is 0 Å². The third-order valence-corrected chi connectivity index (χ3v) is 1.57. The Labute approximate surface area is 58.9 Å². The number of thioether (sulfide) groups is 1. The second kappa shape index (κ2) is 6.53. The highest BCUT2D eigenvalue weighted by molar-refractivity contribution is 8.05. The highest BCUT2D eigenvalue weighted by atomic mass is 32.2. The molecule has 0 aliphatic carbocycles. The third-order valence-electron chi connectivity index (χ3n) is 0.279. The highest BCUT2D eigenvalue weighted by Crippen LogP contribution is 2.04. The molecule has 0 rings (SSSR count). The van der Waals surface area contributed by atoms with Crippen LogP contribution in [0, 0.1) is 0 Å². The topological polar surface area (TPSA) is 0 Å². The fourth-order valence-corrected chi connectivity index (χ4v) is 0.769. The van der Waals surface area contributed by atoms with Crippen molar-refractivity contribution in [3.63, 3.8) is 0 Å². The van der Waals surface area contributed by atoms with Crippen LogP contribution in [0.3, 0.4) is 0 Å². The summed E-state index contributed by atoms with van der Waals surface area (Å²) in [5.41, 5.74) is 0. The molecule has 0 nitrogen and oxygen atoms in total. The maximum atomic E-state index is 3.83. The van der Waals surface area contributed by atoms with Crippen LogP contribution in [0.1, 0.15) is 0 Å². The first-order valence-corrected chi connectivity index (χ1v) is 3.63. The molecule has 3 heteroatoms. The van der Waals surface area contributed by atoms with Crippen LogP contribution in [-0.4, -0.2) is 0 Å². The zero-order valence-corrected chi connectivity index (χ0v) is 6.22. The molecule has 0 aliphatic rings. The third kappa shape index (κ3) is 6.53. The van der Waals surface area contributed by atoms with E-state index in [2.05, 4.69) is 25.3 Å². The summed E-state index contributed by atoms with van der Waals surface area (Å²) in [6, 6.07) is 0. The molecule has 0 radical (unpaired) electrons.